The number of aromatic amines is 1. The average Bonchev–Trinajstić information content (AvgIpc) is 2.90. The normalized spacial score (nSPS) is 11.1. The molecule has 5 heteroatoms. The Balaban J connectivity index is 2.34. The molecule has 0 fully saturated rings. The van der Waals surface area contributed by atoms with Crippen LogP contribution in [0.25, 0.3) is 11.6 Å². The SMILES string of the molecule is CCNCc1cnc(-c2ncc[nH]2)nc1C(C)C. The van der Waals surface area contributed by atoms with E-state index >= 15 is 0 Å². The molecule has 0 aliphatic carbocycles. The summed E-state index contributed by atoms with van der Waals surface area (Å²) in [4.78, 5) is 16.2. The topological polar surface area (TPSA) is 66.5 Å². The molecule has 2 aromatic rings. The van der Waals surface area contributed by atoms with Gasteiger partial charge in [0.2, 0.25) is 0 Å². The van der Waals surface area contributed by atoms with E-state index in [0.717, 1.165) is 24.3 Å². The Bertz CT molecular complexity index is 490. The molecule has 0 saturated carbocycles. The highest BCUT2D eigenvalue weighted by Gasteiger charge is 2.12. The molecule has 0 bridgehead atoms. The standard InChI is InChI=1S/C13H19N5/c1-4-14-7-10-8-17-13(12-15-5-6-16-12)18-11(10)9(2)3/h5-6,8-9,14H,4,7H2,1-3H3,(H,15,16). The van der Waals surface area contributed by atoms with Crippen LogP contribution in [0.3, 0.4) is 0 Å². The van der Waals surface area contributed by atoms with Crippen molar-refractivity contribution in [2.75, 3.05) is 6.54 Å². The molecule has 0 amide bonds. The molecular formula is C13H19N5. The molecule has 96 valence electrons. The summed E-state index contributed by atoms with van der Waals surface area (Å²) in [6.07, 6.45) is 5.38. The number of rotatable bonds is 5. The first kappa shape index (κ1) is 12.7. The Morgan fingerprint density at radius 1 is 1.33 bits per heavy atom. The number of hydrogen-bond donors (Lipinski definition) is 2. The van der Waals surface area contributed by atoms with E-state index in [1.54, 1.807) is 12.4 Å². The highest BCUT2D eigenvalue weighted by atomic mass is 15.0. The zero-order valence-corrected chi connectivity index (χ0v) is 11.1. The maximum atomic E-state index is 4.62. The van der Waals surface area contributed by atoms with Crippen LogP contribution in [0.1, 0.15) is 37.9 Å². The molecule has 2 aromatic heterocycles. The Kier molecular flexibility index (Phi) is 4.04. The highest BCUT2D eigenvalue weighted by molar-refractivity contribution is 5.43. The minimum absolute atomic E-state index is 0.371. The third-order valence-electron chi connectivity index (χ3n) is 2.72. The fourth-order valence-corrected chi connectivity index (χ4v) is 1.82. The van der Waals surface area contributed by atoms with Crippen LogP contribution >= 0.6 is 0 Å². The van der Waals surface area contributed by atoms with Crippen molar-refractivity contribution in [1.29, 1.82) is 0 Å². The number of nitrogens with zero attached hydrogens (tertiary/aromatic N) is 3. The van der Waals surface area contributed by atoms with Crippen molar-refractivity contribution in [2.45, 2.75) is 33.2 Å². The van der Waals surface area contributed by atoms with E-state index < -0.39 is 0 Å². The predicted octanol–water partition coefficient (Wildman–Crippen LogP) is 2.10. The molecule has 2 heterocycles. The second kappa shape index (κ2) is 5.73. The molecule has 0 radical (unpaired) electrons. The van der Waals surface area contributed by atoms with Crippen LogP contribution in [0.2, 0.25) is 0 Å². The lowest BCUT2D eigenvalue weighted by Gasteiger charge is -2.12. The third kappa shape index (κ3) is 2.73. The number of hydrogen-bond acceptors (Lipinski definition) is 4. The smallest absolute Gasteiger partial charge is 0.195 e. The lowest BCUT2D eigenvalue weighted by atomic mass is 10.1. The van der Waals surface area contributed by atoms with Gasteiger partial charge in [-0.1, -0.05) is 20.8 Å². The molecule has 0 atom stereocenters. The Labute approximate surface area is 107 Å². The second-order valence-electron chi connectivity index (χ2n) is 4.48. The summed E-state index contributed by atoms with van der Waals surface area (Å²) in [5.41, 5.74) is 2.24. The maximum Gasteiger partial charge on any atom is 0.195 e. The van der Waals surface area contributed by atoms with Gasteiger partial charge < -0.3 is 10.3 Å². The van der Waals surface area contributed by atoms with E-state index in [1.165, 1.54) is 0 Å². The van der Waals surface area contributed by atoms with Crippen LogP contribution in [0.5, 0.6) is 0 Å². The van der Waals surface area contributed by atoms with Crippen LogP contribution < -0.4 is 5.32 Å². The molecule has 0 unspecified atom stereocenters. The zero-order chi connectivity index (χ0) is 13.0. The fraction of sp³-hybridized carbons (Fsp3) is 0.462. The van der Waals surface area contributed by atoms with Crippen molar-refractivity contribution in [3.05, 3.63) is 29.8 Å². The van der Waals surface area contributed by atoms with Gasteiger partial charge >= 0.3 is 0 Å². The molecule has 0 aliphatic rings. The summed E-state index contributed by atoms with van der Waals surface area (Å²) in [6, 6.07) is 0. The van der Waals surface area contributed by atoms with E-state index in [-0.39, 0.29) is 0 Å². The molecule has 5 nitrogen and oxygen atoms in total. The first-order valence-electron chi connectivity index (χ1n) is 6.28. The van der Waals surface area contributed by atoms with Crippen LogP contribution in [0, 0.1) is 0 Å². The van der Waals surface area contributed by atoms with Gasteiger partial charge in [-0.15, -0.1) is 0 Å². The second-order valence-corrected chi connectivity index (χ2v) is 4.48. The predicted molar refractivity (Wildman–Crippen MR) is 71.1 cm³/mol. The quantitative estimate of drug-likeness (QED) is 0.846. The van der Waals surface area contributed by atoms with Gasteiger partial charge in [0.05, 0.1) is 5.69 Å². The van der Waals surface area contributed by atoms with Crippen LogP contribution in [-0.4, -0.2) is 26.5 Å². The monoisotopic (exact) mass is 245 g/mol. The Morgan fingerprint density at radius 3 is 2.78 bits per heavy atom. The first-order chi connectivity index (χ1) is 8.72. The van der Waals surface area contributed by atoms with Gasteiger partial charge in [-0.3, -0.25) is 0 Å². The largest absolute Gasteiger partial charge is 0.342 e. The lowest BCUT2D eigenvalue weighted by Crippen LogP contribution is -2.15. The molecule has 18 heavy (non-hydrogen) atoms. The van der Waals surface area contributed by atoms with Crippen molar-refractivity contribution < 1.29 is 0 Å². The molecule has 0 spiro atoms. The molecule has 0 saturated heterocycles. The third-order valence-corrected chi connectivity index (χ3v) is 2.72. The Morgan fingerprint density at radius 2 is 2.17 bits per heavy atom. The average molecular weight is 245 g/mol. The van der Waals surface area contributed by atoms with E-state index in [9.17, 15) is 0 Å². The minimum Gasteiger partial charge on any atom is -0.342 e. The summed E-state index contributed by atoms with van der Waals surface area (Å²) in [5, 5.41) is 3.31. The van der Waals surface area contributed by atoms with E-state index in [1.807, 2.05) is 6.20 Å². The van der Waals surface area contributed by atoms with Gasteiger partial charge in [-0.25, -0.2) is 15.0 Å². The molecular weight excluding hydrogens is 226 g/mol. The zero-order valence-electron chi connectivity index (χ0n) is 11.1. The summed E-state index contributed by atoms with van der Waals surface area (Å²) in [5.74, 6) is 1.74. The van der Waals surface area contributed by atoms with Crippen LogP contribution in [0.4, 0.5) is 0 Å². The van der Waals surface area contributed by atoms with E-state index in [0.29, 0.717) is 17.6 Å². The highest BCUT2D eigenvalue weighted by Crippen LogP contribution is 2.19. The molecule has 0 aliphatic heterocycles. The fourth-order valence-electron chi connectivity index (χ4n) is 1.82. The number of aromatic nitrogens is 4. The van der Waals surface area contributed by atoms with Crippen molar-refractivity contribution in [3.63, 3.8) is 0 Å². The summed E-state index contributed by atoms with van der Waals surface area (Å²) < 4.78 is 0. The first-order valence-corrected chi connectivity index (χ1v) is 6.28. The van der Waals surface area contributed by atoms with Crippen LogP contribution in [-0.2, 0) is 6.54 Å². The van der Waals surface area contributed by atoms with Gasteiger partial charge in [-0.05, 0) is 12.5 Å². The summed E-state index contributed by atoms with van der Waals surface area (Å²) in [6.45, 7) is 8.13. The van der Waals surface area contributed by atoms with Gasteiger partial charge in [0.25, 0.3) is 0 Å². The lowest BCUT2D eigenvalue weighted by molar-refractivity contribution is 0.694. The maximum absolute atomic E-state index is 4.62. The van der Waals surface area contributed by atoms with Gasteiger partial charge in [0.15, 0.2) is 11.6 Å². The number of imidazole rings is 1. The molecule has 2 N–H and O–H groups in total. The summed E-state index contributed by atoms with van der Waals surface area (Å²) in [7, 11) is 0. The van der Waals surface area contributed by atoms with Crippen molar-refractivity contribution >= 4 is 0 Å². The minimum atomic E-state index is 0.371. The summed E-state index contributed by atoms with van der Waals surface area (Å²) >= 11 is 0. The Hall–Kier alpha value is -1.75. The van der Waals surface area contributed by atoms with E-state index in [2.05, 4.69) is 46.0 Å². The van der Waals surface area contributed by atoms with Gasteiger partial charge in [0.1, 0.15) is 0 Å². The van der Waals surface area contributed by atoms with Crippen molar-refractivity contribution in [2.24, 2.45) is 0 Å². The van der Waals surface area contributed by atoms with Crippen molar-refractivity contribution in [1.82, 2.24) is 25.3 Å². The van der Waals surface area contributed by atoms with Crippen molar-refractivity contribution in [3.8, 4) is 11.6 Å². The molecule has 2 rings (SSSR count). The van der Waals surface area contributed by atoms with Crippen LogP contribution in [0.15, 0.2) is 18.6 Å². The molecule has 0 aromatic carbocycles. The van der Waals surface area contributed by atoms with Gasteiger partial charge in [0, 0.05) is 30.7 Å². The van der Waals surface area contributed by atoms with Gasteiger partial charge in [-0.2, -0.15) is 0 Å². The number of H-pyrrole nitrogens is 1. The van der Waals surface area contributed by atoms with E-state index in [4.69, 9.17) is 0 Å². The number of nitrogens with one attached hydrogen (secondary N) is 2.